The molecule has 0 spiro atoms. The van der Waals surface area contributed by atoms with Gasteiger partial charge in [0.05, 0.1) is 14.2 Å². The molecule has 1 heterocycles. The van der Waals surface area contributed by atoms with E-state index in [1.807, 2.05) is 19.1 Å². The van der Waals surface area contributed by atoms with Gasteiger partial charge in [-0.25, -0.2) is 4.99 Å². The van der Waals surface area contributed by atoms with Gasteiger partial charge in [0.15, 0.2) is 0 Å². The number of hydrogen-bond donors (Lipinski definition) is 1. The molecule has 0 aliphatic carbocycles. The molecular formula is C13H16N2O2. The summed E-state index contributed by atoms with van der Waals surface area (Å²) >= 11 is 0. The van der Waals surface area contributed by atoms with Gasteiger partial charge in [0.1, 0.15) is 17.3 Å². The molecule has 90 valence electrons. The van der Waals surface area contributed by atoms with E-state index >= 15 is 0 Å². The SMILES string of the molecule is COc1cc(C)c(OC)c2c1CC(N)=NC=C2. The number of rotatable bonds is 2. The molecule has 0 bridgehead atoms. The second-order valence-corrected chi connectivity index (χ2v) is 3.93. The van der Waals surface area contributed by atoms with Gasteiger partial charge in [-0.05, 0) is 24.6 Å². The zero-order valence-corrected chi connectivity index (χ0v) is 10.3. The first-order valence-electron chi connectivity index (χ1n) is 5.40. The molecule has 1 aromatic carbocycles. The number of nitrogens with two attached hydrogens (primary N) is 1. The van der Waals surface area contributed by atoms with Gasteiger partial charge in [-0.3, -0.25) is 0 Å². The van der Waals surface area contributed by atoms with Crippen LogP contribution in [0.25, 0.3) is 6.08 Å². The fourth-order valence-electron chi connectivity index (χ4n) is 2.08. The quantitative estimate of drug-likeness (QED) is 0.847. The molecule has 2 rings (SSSR count). The summed E-state index contributed by atoms with van der Waals surface area (Å²) in [5.41, 5.74) is 8.85. The Morgan fingerprint density at radius 1 is 1.29 bits per heavy atom. The Morgan fingerprint density at radius 3 is 2.71 bits per heavy atom. The molecule has 1 aliphatic heterocycles. The van der Waals surface area contributed by atoms with Crippen LogP contribution in [-0.2, 0) is 6.42 Å². The fraction of sp³-hybridized carbons (Fsp3) is 0.308. The summed E-state index contributed by atoms with van der Waals surface area (Å²) in [5.74, 6) is 2.24. The fourth-order valence-corrected chi connectivity index (χ4v) is 2.08. The Kier molecular flexibility index (Phi) is 3.04. The number of ether oxygens (including phenoxy) is 2. The molecule has 0 fully saturated rings. The second kappa shape index (κ2) is 4.49. The van der Waals surface area contributed by atoms with Crippen LogP contribution in [0.3, 0.4) is 0 Å². The highest BCUT2D eigenvalue weighted by Gasteiger charge is 2.18. The van der Waals surface area contributed by atoms with E-state index in [9.17, 15) is 0 Å². The lowest BCUT2D eigenvalue weighted by Crippen LogP contribution is -2.15. The Labute approximate surface area is 101 Å². The van der Waals surface area contributed by atoms with Gasteiger partial charge < -0.3 is 15.2 Å². The third-order valence-electron chi connectivity index (χ3n) is 2.84. The third kappa shape index (κ3) is 1.98. The van der Waals surface area contributed by atoms with Gasteiger partial charge in [0, 0.05) is 23.7 Å². The van der Waals surface area contributed by atoms with Crippen molar-refractivity contribution in [2.45, 2.75) is 13.3 Å². The van der Waals surface area contributed by atoms with Gasteiger partial charge >= 0.3 is 0 Å². The topological polar surface area (TPSA) is 56.8 Å². The number of nitrogens with zero attached hydrogens (tertiary/aromatic N) is 1. The highest BCUT2D eigenvalue weighted by Crippen LogP contribution is 2.36. The summed E-state index contributed by atoms with van der Waals surface area (Å²) in [6.45, 7) is 1.99. The number of fused-ring (bicyclic) bond motifs is 1. The van der Waals surface area contributed by atoms with Gasteiger partial charge in [-0.15, -0.1) is 0 Å². The summed E-state index contributed by atoms with van der Waals surface area (Å²) < 4.78 is 10.8. The van der Waals surface area contributed by atoms with Crippen LogP contribution in [0.5, 0.6) is 11.5 Å². The molecule has 0 radical (unpaired) electrons. The summed E-state index contributed by atoms with van der Waals surface area (Å²) in [7, 11) is 3.32. The summed E-state index contributed by atoms with van der Waals surface area (Å²) in [4.78, 5) is 4.12. The standard InChI is InChI=1S/C13H16N2O2/c1-8-6-11(16-2)10-7-12(14)15-5-4-9(10)13(8)17-3/h4-6H,7H2,1-3H3,(H2,14,15). The number of amidine groups is 1. The van der Waals surface area contributed by atoms with Crippen LogP contribution in [-0.4, -0.2) is 20.1 Å². The lowest BCUT2D eigenvalue weighted by atomic mass is 9.98. The zero-order chi connectivity index (χ0) is 12.4. The van der Waals surface area contributed by atoms with Crippen molar-refractivity contribution in [1.82, 2.24) is 0 Å². The van der Waals surface area contributed by atoms with Crippen molar-refractivity contribution in [2.75, 3.05) is 14.2 Å². The molecule has 0 saturated carbocycles. The van der Waals surface area contributed by atoms with Crippen molar-refractivity contribution in [3.05, 3.63) is 29.0 Å². The predicted molar refractivity (Wildman–Crippen MR) is 68.6 cm³/mol. The molecule has 0 aromatic heterocycles. The minimum absolute atomic E-state index is 0.572. The second-order valence-electron chi connectivity index (χ2n) is 3.93. The molecule has 0 unspecified atom stereocenters. The van der Waals surface area contributed by atoms with Crippen molar-refractivity contribution >= 4 is 11.9 Å². The molecule has 1 aliphatic rings. The van der Waals surface area contributed by atoms with E-state index in [1.165, 1.54) is 0 Å². The number of aliphatic imine (C=N–C) groups is 1. The predicted octanol–water partition coefficient (Wildman–Crippen LogP) is 1.90. The minimum atomic E-state index is 0.572. The van der Waals surface area contributed by atoms with E-state index in [-0.39, 0.29) is 0 Å². The van der Waals surface area contributed by atoms with Gasteiger partial charge in [-0.1, -0.05) is 0 Å². The highest BCUT2D eigenvalue weighted by molar-refractivity contribution is 5.87. The van der Waals surface area contributed by atoms with Crippen LogP contribution in [0.15, 0.2) is 17.3 Å². The first-order valence-corrected chi connectivity index (χ1v) is 5.40. The average Bonchev–Trinajstić information content (AvgIpc) is 2.50. The molecule has 4 heteroatoms. The number of benzene rings is 1. The van der Waals surface area contributed by atoms with Crippen molar-refractivity contribution in [3.63, 3.8) is 0 Å². The Morgan fingerprint density at radius 2 is 2.06 bits per heavy atom. The first kappa shape index (κ1) is 11.5. The van der Waals surface area contributed by atoms with Crippen molar-refractivity contribution in [1.29, 1.82) is 0 Å². The first-order chi connectivity index (χ1) is 8.17. The molecule has 17 heavy (non-hydrogen) atoms. The number of methoxy groups -OCH3 is 2. The maximum atomic E-state index is 5.81. The lowest BCUT2D eigenvalue weighted by molar-refractivity contribution is 0.396. The molecule has 2 N–H and O–H groups in total. The van der Waals surface area contributed by atoms with Crippen LogP contribution in [0.2, 0.25) is 0 Å². The van der Waals surface area contributed by atoms with Crippen LogP contribution in [0.4, 0.5) is 0 Å². The van der Waals surface area contributed by atoms with Crippen LogP contribution < -0.4 is 15.2 Å². The van der Waals surface area contributed by atoms with Crippen molar-refractivity contribution < 1.29 is 9.47 Å². The zero-order valence-electron chi connectivity index (χ0n) is 10.3. The van der Waals surface area contributed by atoms with E-state index in [2.05, 4.69) is 4.99 Å². The molecule has 0 amide bonds. The van der Waals surface area contributed by atoms with Crippen LogP contribution >= 0.6 is 0 Å². The van der Waals surface area contributed by atoms with E-state index in [1.54, 1.807) is 20.4 Å². The third-order valence-corrected chi connectivity index (χ3v) is 2.84. The lowest BCUT2D eigenvalue weighted by Gasteiger charge is -2.16. The summed E-state index contributed by atoms with van der Waals surface area (Å²) in [6, 6.07) is 1.96. The normalized spacial score (nSPS) is 13.7. The smallest absolute Gasteiger partial charge is 0.129 e. The molecule has 1 aromatic rings. The Hall–Kier alpha value is -1.97. The monoisotopic (exact) mass is 232 g/mol. The Balaban J connectivity index is 2.69. The minimum Gasteiger partial charge on any atom is -0.496 e. The number of hydrogen-bond acceptors (Lipinski definition) is 4. The summed E-state index contributed by atoms with van der Waals surface area (Å²) in [6.07, 6.45) is 4.17. The maximum absolute atomic E-state index is 5.81. The molecule has 0 saturated heterocycles. The van der Waals surface area contributed by atoms with Gasteiger partial charge in [-0.2, -0.15) is 0 Å². The molecular weight excluding hydrogens is 216 g/mol. The molecule has 4 nitrogen and oxygen atoms in total. The van der Waals surface area contributed by atoms with E-state index in [0.29, 0.717) is 12.3 Å². The van der Waals surface area contributed by atoms with Crippen LogP contribution in [0.1, 0.15) is 16.7 Å². The number of aryl methyl sites for hydroxylation is 1. The summed E-state index contributed by atoms with van der Waals surface area (Å²) in [5, 5.41) is 0. The highest BCUT2D eigenvalue weighted by atomic mass is 16.5. The Bertz CT molecular complexity index is 505. The van der Waals surface area contributed by atoms with E-state index in [4.69, 9.17) is 15.2 Å². The van der Waals surface area contributed by atoms with Crippen LogP contribution in [0, 0.1) is 6.92 Å². The van der Waals surface area contributed by atoms with Gasteiger partial charge in [0.2, 0.25) is 0 Å². The van der Waals surface area contributed by atoms with Crippen molar-refractivity contribution in [2.24, 2.45) is 10.7 Å². The maximum Gasteiger partial charge on any atom is 0.129 e. The molecule has 0 atom stereocenters. The van der Waals surface area contributed by atoms with Crippen molar-refractivity contribution in [3.8, 4) is 11.5 Å². The van der Waals surface area contributed by atoms with E-state index < -0.39 is 0 Å². The van der Waals surface area contributed by atoms with Gasteiger partial charge in [0.25, 0.3) is 0 Å². The average molecular weight is 232 g/mol. The van der Waals surface area contributed by atoms with E-state index in [0.717, 1.165) is 28.2 Å². The largest absolute Gasteiger partial charge is 0.496 e.